The first-order valence-electron chi connectivity index (χ1n) is 10.9. The SMILES string of the molecule is OC(CN1CCNCC1)c1cc(OCc2ccccc2)cc(OCc2ccccc2)c1. The molecule has 0 aromatic heterocycles. The van der Waals surface area contributed by atoms with Crippen LogP contribution in [0.5, 0.6) is 11.5 Å². The van der Waals surface area contributed by atoms with Gasteiger partial charge in [-0.15, -0.1) is 0 Å². The molecule has 1 heterocycles. The lowest BCUT2D eigenvalue weighted by Gasteiger charge is -2.29. The smallest absolute Gasteiger partial charge is 0.123 e. The first-order chi connectivity index (χ1) is 15.3. The third-order valence-corrected chi connectivity index (χ3v) is 5.42. The van der Waals surface area contributed by atoms with Crippen LogP contribution in [-0.2, 0) is 13.2 Å². The summed E-state index contributed by atoms with van der Waals surface area (Å²) in [5.41, 5.74) is 3.01. The van der Waals surface area contributed by atoms with E-state index in [0.717, 1.165) is 42.9 Å². The van der Waals surface area contributed by atoms with Crippen LogP contribution < -0.4 is 14.8 Å². The van der Waals surface area contributed by atoms with Gasteiger partial charge in [0.1, 0.15) is 24.7 Å². The minimum atomic E-state index is -0.600. The Morgan fingerprint density at radius 2 is 1.29 bits per heavy atom. The van der Waals surface area contributed by atoms with Gasteiger partial charge >= 0.3 is 0 Å². The number of nitrogens with zero attached hydrogens (tertiary/aromatic N) is 1. The van der Waals surface area contributed by atoms with Crippen molar-refractivity contribution in [3.8, 4) is 11.5 Å². The van der Waals surface area contributed by atoms with Gasteiger partial charge < -0.3 is 19.9 Å². The molecule has 31 heavy (non-hydrogen) atoms. The Balaban J connectivity index is 1.48. The highest BCUT2D eigenvalue weighted by Gasteiger charge is 2.17. The van der Waals surface area contributed by atoms with Gasteiger partial charge in [-0.2, -0.15) is 0 Å². The Bertz CT molecular complexity index is 866. The summed E-state index contributed by atoms with van der Waals surface area (Å²) in [5, 5.41) is 14.3. The number of ether oxygens (including phenoxy) is 2. The van der Waals surface area contributed by atoms with Gasteiger partial charge in [-0.25, -0.2) is 0 Å². The fourth-order valence-electron chi connectivity index (χ4n) is 3.68. The molecule has 0 bridgehead atoms. The van der Waals surface area contributed by atoms with Crippen molar-refractivity contribution in [2.75, 3.05) is 32.7 Å². The van der Waals surface area contributed by atoms with Gasteiger partial charge in [0.25, 0.3) is 0 Å². The monoisotopic (exact) mass is 418 g/mol. The van der Waals surface area contributed by atoms with Crippen LogP contribution in [0, 0.1) is 0 Å². The highest BCUT2D eigenvalue weighted by Crippen LogP contribution is 2.28. The Kier molecular flexibility index (Phi) is 7.56. The molecule has 0 aliphatic carbocycles. The molecule has 5 heteroatoms. The maximum Gasteiger partial charge on any atom is 0.123 e. The Morgan fingerprint density at radius 1 is 0.774 bits per heavy atom. The molecule has 0 radical (unpaired) electrons. The third kappa shape index (κ3) is 6.56. The third-order valence-electron chi connectivity index (χ3n) is 5.42. The van der Waals surface area contributed by atoms with Gasteiger partial charge in [0.15, 0.2) is 0 Å². The van der Waals surface area contributed by atoms with E-state index < -0.39 is 6.10 Å². The molecule has 3 aromatic rings. The van der Waals surface area contributed by atoms with Crippen molar-refractivity contribution in [3.05, 3.63) is 95.6 Å². The number of nitrogens with one attached hydrogen (secondary N) is 1. The van der Waals surface area contributed by atoms with Crippen molar-refractivity contribution >= 4 is 0 Å². The fraction of sp³-hybridized carbons (Fsp3) is 0.308. The topological polar surface area (TPSA) is 54.0 Å². The number of aliphatic hydroxyl groups excluding tert-OH is 1. The van der Waals surface area contributed by atoms with E-state index in [4.69, 9.17) is 9.47 Å². The van der Waals surface area contributed by atoms with E-state index in [1.54, 1.807) is 0 Å². The van der Waals surface area contributed by atoms with E-state index in [-0.39, 0.29) is 0 Å². The van der Waals surface area contributed by atoms with Crippen molar-refractivity contribution in [1.82, 2.24) is 10.2 Å². The molecule has 1 aliphatic rings. The Morgan fingerprint density at radius 3 is 1.81 bits per heavy atom. The zero-order valence-corrected chi connectivity index (χ0v) is 17.7. The lowest BCUT2D eigenvalue weighted by molar-refractivity contribution is 0.105. The molecule has 0 spiro atoms. The summed E-state index contributed by atoms with van der Waals surface area (Å²) in [6.07, 6.45) is -0.600. The molecule has 1 unspecified atom stereocenters. The van der Waals surface area contributed by atoms with Crippen molar-refractivity contribution in [1.29, 1.82) is 0 Å². The van der Waals surface area contributed by atoms with Gasteiger partial charge in [0.05, 0.1) is 6.10 Å². The van der Waals surface area contributed by atoms with Crippen LogP contribution in [0.25, 0.3) is 0 Å². The Hall–Kier alpha value is -2.86. The van der Waals surface area contributed by atoms with Crippen LogP contribution in [-0.4, -0.2) is 42.7 Å². The molecule has 4 rings (SSSR count). The van der Waals surface area contributed by atoms with Gasteiger partial charge in [0, 0.05) is 38.8 Å². The highest BCUT2D eigenvalue weighted by molar-refractivity contribution is 5.40. The normalized spacial score (nSPS) is 15.4. The predicted octanol–water partition coefficient (Wildman–Crippen LogP) is 3.78. The first-order valence-corrected chi connectivity index (χ1v) is 10.9. The molecule has 162 valence electrons. The zero-order chi connectivity index (χ0) is 21.3. The van der Waals surface area contributed by atoms with E-state index in [1.807, 2.05) is 78.9 Å². The first kappa shape index (κ1) is 21.4. The van der Waals surface area contributed by atoms with Crippen LogP contribution in [0.1, 0.15) is 22.8 Å². The van der Waals surface area contributed by atoms with Crippen molar-refractivity contribution in [2.24, 2.45) is 0 Å². The average molecular weight is 419 g/mol. The van der Waals surface area contributed by atoms with E-state index in [2.05, 4.69) is 10.2 Å². The van der Waals surface area contributed by atoms with Gasteiger partial charge in [0.2, 0.25) is 0 Å². The van der Waals surface area contributed by atoms with E-state index >= 15 is 0 Å². The second-order valence-corrected chi connectivity index (χ2v) is 7.85. The number of rotatable bonds is 9. The highest BCUT2D eigenvalue weighted by atomic mass is 16.5. The van der Waals surface area contributed by atoms with Crippen LogP contribution >= 0.6 is 0 Å². The van der Waals surface area contributed by atoms with Gasteiger partial charge in [-0.05, 0) is 28.8 Å². The molecule has 1 saturated heterocycles. The van der Waals surface area contributed by atoms with Crippen molar-refractivity contribution < 1.29 is 14.6 Å². The second kappa shape index (κ2) is 11.0. The summed E-state index contributed by atoms with van der Waals surface area (Å²) in [6.45, 7) is 5.34. The minimum Gasteiger partial charge on any atom is -0.489 e. The van der Waals surface area contributed by atoms with Crippen molar-refractivity contribution in [2.45, 2.75) is 19.3 Å². The maximum absolute atomic E-state index is 10.9. The number of hydrogen-bond donors (Lipinski definition) is 2. The number of β-amino-alcohol motifs (C(OH)–C–C–N with tert-alkyl or cyclic N) is 1. The van der Waals surface area contributed by atoms with E-state index in [1.165, 1.54) is 0 Å². The van der Waals surface area contributed by atoms with Crippen LogP contribution in [0.15, 0.2) is 78.9 Å². The number of benzene rings is 3. The minimum absolute atomic E-state index is 0.469. The van der Waals surface area contributed by atoms with E-state index in [0.29, 0.717) is 31.3 Å². The molecule has 0 amide bonds. The van der Waals surface area contributed by atoms with Crippen LogP contribution in [0.2, 0.25) is 0 Å². The molecule has 1 aliphatic heterocycles. The standard InChI is InChI=1S/C26H30N2O3/c29-26(18-28-13-11-27-12-14-28)23-15-24(30-19-21-7-3-1-4-8-21)17-25(16-23)31-20-22-9-5-2-6-10-22/h1-10,15-17,26-27,29H,11-14,18-20H2. The van der Waals surface area contributed by atoms with Crippen LogP contribution in [0.3, 0.4) is 0 Å². The summed E-state index contributed by atoms with van der Waals surface area (Å²) in [7, 11) is 0. The van der Waals surface area contributed by atoms with Gasteiger partial charge in [-0.3, -0.25) is 4.90 Å². The van der Waals surface area contributed by atoms with E-state index in [9.17, 15) is 5.11 Å². The molecular weight excluding hydrogens is 388 g/mol. The maximum atomic E-state index is 10.9. The largest absolute Gasteiger partial charge is 0.489 e. The zero-order valence-electron chi connectivity index (χ0n) is 17.7. The lowest BCUT2D eigenvalue weighted by Crippen LogP contribution is -2.44. The molecule has 2 N–H and O–H groups in total. The van der Waals surface area contributed by atoms with Crippen molar-refractivity contribution in [3.63, 3.8) is 0 Å². The summed E-state index contributed by atoms with van der Waals surface area (Å²) < 4.78 is 12.1. The number of hydrogen-bond acceptors (Lipinski definition) is 5. The number of piperazine rings is 1. The molecule has 5 nitrogen and oxygen atoms in total. The second-order valence-electron chi connectivity index (χ2n) is 7.85. The molecule has 1 atom stereocenters. The lowest BCUT2D eigenvalue weighted by atomic mass is 10.1. The predicted molar refractivity (Wildman–Crippen MR) is 122 cm³/mol. The Labute approximate surface area is 184 Å². The molecule has 0 saturated carbocycles. The molecule has 3 aromatic carbocycles. The summed E-state index contributed by atoms with van der Waals surface area (Å²) in [6, 6.07) is 25.9. The molecule has 1 fully saturated rings. The summed E-state index contributed by atoms with van der Waals surface area (Å²) in [4.78, 5) is 2.28. The summed E-state index contributed by atoms with van der Waals surface area (Å²) in [5.74, 6) is 1.40. The summed E-state index contributed by atoms with van der Waals surface area (Å²) >= 11 is 0. The quantitative estimate of drug-likeness (QED) is 0.554. The fourth-order valence-corrected chi connectivity index (χ4v) is 3.68. The van der Waals surface area contributed by atoms with Crippen LogP contribution in [0.4, 0.5) is 0 Å². The number of aliphatic hydroxyl groups is 1. The molecular formula is C26H30N2O3. The average Bonchev–Trinajstić information content (AvgIpc) is 2.83. The van der Waals surface area contributed by atoms with Gasteiger partial charge in [-0.1, -0.05) is 60.7 Å².